The van der Waals surface area contributed by atoms with Crippen LogP contribution in [0.15, 0.2) is 42.5 Å². The van der Waals surface area contributed by atoms with Gasteiger partial charge in [0.25, 0.3) is 0 Å². The topological polar surface area (TPSA) is 33.0 Å². The first-order valence-electron chi connectivity index (χ1n) is 5.89. The van der Waals surface area contributed by atoms with Crippen molar-refractivity contribution in [2.24, 2.45) is 0 Å². The average Bonchev–Trinajstić information content (AvgIpc) is 2.45. The first-order chi connectivity index (χ1) is 9.90. The molecule has 0 N–H and O–H groups in total. The van der Waals surface area contributed by atoms with Gasteiger partial charge in [0.2, 0.25) is 0 Å². The summed E-state index contributed by atoms with van der Waals surface area (Å²) in [6.07, 6.45) is -4.39. The van der Waals surface area contributed by atoms with Crippen molar-refractivity contribution in [2.75, 3.05) is 0 Å². The SMILES string of the molecule is N#Cc1ccc(OCc2ccc(C(F)(F)F)cc2)c(F)c1. The van der Waals surface area contributed by atoms with E-state index < -0.39 is 17.6 Å². The molecule has 0 aliphatic carbocycles. The van der Waals surface area contributed by atoms with Crippen LogP contribution in [0.4, 0.5) is 17.6 Å². The minimum atomic E-state index is -4.39. The largest absolute Gasteiger partial charge is 0.486 e. The molecule has 0 aromatic heterocycles. The highest BCUT2D eigenvalue weighted by Gasteiger charge is 2.29. The van der Waals surface area contributed by atoms with Gasteiger partial charge in [-0.15, -0.1) is 0 Å². The molecule has 2 aromatic carbocycles. The predicted octanol–water partition coefficient (Wildman–Crippen LogP) is 4.30. The van der Waals surface area contributed by atoms with Gasteiger partial charge in [-0.25, -0.2) is 4.39 Å². The van der Waals surface area contributed by atoms with Crippen LogP contribution in [0.5, 0.6) is 5.75 Å². The molecule has 0 atom stereocenters. The molecule has 6 heteroatoms. The Balaban J connectivity index is 2.05. The summed E-state index contributed by atoms with van der Waals surface area (Å²) in [4.78, 5) is 0. The highest BCUT2D eigenvalue weighted by atomic mass is 19.4. The average molecular weight is 295 g/mol. The molecule has 0 spiro atoms. The number of hydrogen-bond donors (Lipinski definition) is 0. The third kappa shape index (κ3) is 3.72. The highest BCUT2D eigenvalue weighted by molar-refractivity contribution is 5.36. The van der Waals surface area contributed by atoms with Crippen LogP contribution in [0.25, 0.3) is 0 Å². The Morgan fingerprint density at radius 3 is 2.24 bits per heavy atom. The molecule has 0 heterocycles. The van der Waals surface area contributed by atoms with E-state index in [4.69, 9.17) is 10.00 Å². The van der Waals surface area contributed by atoms with Crippen LogP contribution in [0.2, 0.25) is 0 Å². The van der Waals surface area contributed by atoms with Crippen molar-refractivity contribution >= 4 is 0 Å². The van der Waals surface area contributed by atoms with E-state index in [-0.39, 0.29) is 17.9 Å². The molecular weight excluding hydrogens is 286 g/mol. The Kier molecular flexibility index (Phi) is 4.13. The lowest BCUT2D eigenvalue weighted by atomic mass is 10.1. The Morgan fingerprint density at radius 1 is 1.05 bits per heavy atom. The van der Waals surface area contributed by atoms with Gasteiger partial charge in [-0.2, -0.15) is 18.4 Å². The fourth-order valence-corrected chi connectivity index (χ4v) is 1.64. The molecule has 0 aliphatic rings. The fraction of sp³-hybridized carbons (Fsp3) is 0.133. The standard InChI is InChI=1S/C15H9F4NO/c16-13-7-11(8-20)3-6-14(13)21-9-10-1-4-12(5-2-10)15(17,18)19/h1-7H,9H2. The van der Waals surface area contributed by atoms with E-state index in [9.17, 15) is 17.6 Å². The number of benzene rings is 2. The lowest BCUT2D eigenvalue weighted by molar-refractivity contribution is -0.137. The number of hydrogen-bond acceptors (Lipinski definition) is 2. The third-order valence-corrected chi connectivity index (χ3v) is 2.74. The van der Waals surface area contributed by atoms with Gasteiger partial charge in [-0.3, -0.25) is 0 Å². The monoisotopic (exact) mass is 295 g/mol. The van der Waals surface area contributed by atoms with E-state index in [0.29, 0.717) is 5.56 Å². The van der Waals surface area contributed by atoms with Crippen molar-refractivity contribution in [1.82, 2.24) is 0 Å². The molecule has 108 valence electrons. The lowest BCUT2D eigenvalue weighted by Crippen LogP contribution is -2.05. The van der Waals surface area contributed by atoms with Crippen LogP contribution in [0, 0.1) is 17.1 Å². The minimum absolute atomic E-state index is 0.0612. The molecule has 0 saturated carbocycles. The van der Waals surface area contributed by atoms with Crippen LogP contribution in [-0.4, -0.2) is 0 Å². The minimum Gasteiger partial charge on any atom is -0.486 e. The van der Waals surface area contributed by atoms with E-state index in [1.54, 1.807) is 6.07 Å². The van der Waals surface area contributed by atoms with Crippen LogP contribution in [-0.2, 0) is 12.8 Å². The molecule has 0 saturated heterocycles. The third-order valence-electron chi connectivity index (χ3n) is 2.74. The first-order valence-corrected chi connectivity index (χ1v) is 5.89. The normalized spacial score (nSPS) is 11.0. The van der Waals surface area contributed by atoms with Crippen molar-refractivity contribution in [3.8, 4) is 11.8 Å². The van der Waals surface area contributed by atoms with Crippen molar-refractivity contribution in [3.05, 3.63) is 65.0 Å². The molecule has 2 aromatic rings. The summed E-state index contributed by atoms with van der Waals surface area (Å²) in [6, 6.07) is 9.93. The van der Waals surface area contributed by atoms with Gasteiger partial charge >= 0.3 is 6.18 Å². The fourth-order valence-electron chi connectivity index (χ4n) is 1.64. The zero-order valence-corrected chi connectivity index (χ0v) is 10.6. The molecular formula is C15H9F4NO. The van der Waals surface area contributed by atoms with Crippen LogP contribution in [0.3, 0.4) is 0 Å². The van der Waals surface area contributed by atoms with Crippen molar-refractivity contribution in [3.63, 3.8) is 0 Å². The van der Waals surface area contributed by atoms with E-state index in [0.717, 1.165) is 18.2 Å². The second kappa shape index (κ2) is 5.83. The zero-order valence-electron chi connectivity index (χ0n) is 10.6. The Bertz CT molecular complexity index is 672. The van der Waals surface area contributed by atoms with Gasteiger partial charge < -0.3 is 4.74 Å². The van der Waals surface area contributed by atoms with Gasteiger partial charge in [0.05, 0.1) is 17.2 Å². The predicted molar refractivity (Wildman–Crippen MR) is 66.9 cm³/mol. The smallest absolute Gasteiger partial charge is 0.416 e. The maximum atomic E-state index is 13.5. The first kappa shape index (κ1) is 14.9. The summed E-state index contributed by atoms with van der Waals surface area (Å²) < 4.78 is 55.9. The molecule has 0 radical (unpaired) electrons. The van der Waals surface area contributed by atoms with E-state index >= 15 is 0 Å². The molecule has 2 rings (SSSR count). The Hall–Kier alpha value is -2.55. The molecule has 0 amide bonds. The molecule has 0 bridgehead atoms. The summed E-state index contributed by atoms with van der Waals surface area (Å²) in [5, 5.41) is 8.60. The van der Waals surface area contributed by atoms with E-state index in [1.807, 2.05) is 0 Å². The van der Waals surface area contributed by atoms with Crippen LogP contribution < -0.4 is 4.74 Å². The number of ether oxygens (including phenoxy) is 1. The summed E-state index contributed by atoms with van der Waals surface area (Å²) in [5.41, 5.74) is -0.114. The van der Waals surface area contributed by atoms with Gasteiger partial charge in [0, 0.05) is 0 Å². The summed E-state index contributed by atoms with van der Waals surface area (Å²) in [6.45, 7) is -0.0685. The second-order valence-corrected chi connectivity index (χ2v) is 4.24. The van der Waals surface area contributed by atoms with E-state index in [1.165, 1.54) is 24.3 Å². The number of halogens is 4. The van der Waals surface area contributed by atoms with Crippen molar-refractivity contribution in [2.45, 2.75) is 12.8 Å². The van der Waals surface area contributed by atoms with Gasteiger partial charge in [0.15, 0.2) is 11.6 Å². The van der Waals surface area contributed by atoms with E-state index in [2.05, 4.69) is 0 Å². The van der Waals surface area contributed by atoms with Crippen molar-refractivity contribution in [1.29, 1.82) is 5.26 Å². The molecule has 2 nitrogen and oxygen atoms in total. The number of rotatable bonds is 3. The number of nitrogens with zero attached hydrogens (tertiary/aromatic N) is 1. The molecule has 0 fully saturated rings. The van der Waals surface area contributed by atoms with Crippen LogP contribution in [0.1, 0.15) is 16.7 Å². The second-order valence-electron chi connectivity index (χ2n) is 4.24. The van der Waals surface area contributed by atoms with Gasteiger partial charge in [0.1, 0.15) is 6.61 Å². The summed E-state index contributed by atoms with van der Waals surface area (Å²) in [7, 11) is 0. The maximum Gasteiger partial charge on any atom is 0.416 e. The number of alkyl halides is 3. The Morgan fingerprint density at radius 2 is 1.71 bits per heavy atom. The van der Waals surface area contributed by atoms with Crippen molar-refractivity contribution < 1.29 is 22.3 Å². The molecule has 0 unspecified atom stereocenters. The van der Waals surface area contributed by atoms with Crippen LogP contribution >= 0.6 is 0 Å². The quantitative estimate of drug-likeness (QED) is 0.791. The molecule has 21 heavy (non-hydrogen) atoms. The number of nitriles is 1. The van der Waals surface area contributed by atoms with Gasteiger partial charge in [-0.05, 0) is 35.9 Å². The Labute approximate surface area is 118 Å². The lowest BCUT2D eigenvalue weighted by Gasteiger charge is -2.09. The maximum absolute atomic E-state index is 13.5. The highest BCUT2D eigenvalue weighted by Crippen LogP contribution is 2.29. The molecule has 0 aliphatic heterocycles. The zero-order chi connectivity index (χ0) is 15.5. The summed E-state index contributed by atoms with van der Waals surface area (Å²) in [5.74, 6) is -0.755. The van der Waals surface area contributed by atoms with Gasteiger partial charge in [-0.1, -0.05) is 12.1 Å². The summed E-state index contributed by atoms with van der Waals surface area (Å²) >= 11 is 0.